The van der Waals surface area contributed by atoms with E-state index in [9.17, 15) is 9.59 Å². The van der Waals surface area contributed by atoms with Crippen molar-refractivity contribution in [2.45, 2.75) is 13.8 Å². The van der Waals surface area contributed by atoms with E-state index in [4.69, 9.17) is 23.2 Å². The third-order valence-electron chi connectivity index (χ3n) is 3.95. The number of hydrogen-bond acceptors (Lipinski definition) is 3. The molecule has 0 unspecified atom stereocenters. The van der Waals surface area contributed by atoms with Gasteiger partial charge in [0.15, 0.2) is 0 Å². The lowest BCUT2D eigenvalue weighted by molar-refractivity contribution is 0.102. The summed E-state index contributed by atoms with van der Waals surface area (Å²) in [7, 11) is 0. The number of halogens is 2. The number of aromatic nitrogens is 2. The molecule has 1 heterocycles. The van der Waals surface area contributed by atoms with Crippen LogP contribution in [-0.4, -0.2) is 22.0 Å². The summed E-state index contributed by atoms with van der Waals surface area (Å²) in [5, 5.41) is 13.1. The number of carbonyl (C=O) groups is 2. The van der Waals surface area contributed by atoms with E-state index < -0.39 is 0 Å². The fourth-order valence-electron chi connectivity index (χ4n) is 2.50. The lowest BCUT2D eigenvalue weighted by Crippen LogP contribution is -2.14. The molecular weight excluding hydrogens is 387 g/mol. The van der Waals surface area contributed by atoms with Gasteiger partial charge in [-0.2, -0.15) is 5.10 Å². The standard InChI is InChI=1S/C19H16Cl2N4O2/c1-10-17(11(2)25-24-10)23-18(26)12-3-6-14(7-4-12)22-19(27)15-8-5-13(20)9-16(15)21/h3-9H,1-2H3,(H,22,27)(H,23,26)(H,24,25). The second kappa shape index (κ2) is 7.82. The van der Waals surface area contributed by atoms with E-state index >= 15 is 0 Å². The molecule has 0 saturated heterocycles. The van der Waals surface area contributed by atoms with Gasteiger partial charge in [0, 0.05) is 16.3 Å². The summed E-state index contributed by atoms with van der Waals surface area (Å²) in [6, 6.07) is 11.2. The number of hydrogen-bond donors (Lipinski definition) is 3. The minimum Gasteiger partial charge on any atom is -0.322 e. The molecule has 3 rings (SSSR count). The van der Waals surface area contributed by atoms with Gasteiger partial charge < -0.3 is 10.6 Å². The van der Waals surface area contributed by atoms with Crippen LogP contribution in [-0.2, 0) is 0 Å². The van der Waals surface area contributed by atoms with Gasteiger partial charge in [0.2, 0.25) is 0 Å². The van der Waals surface area contributed by atoms with Gasteiger partial charge in [0.25, 0.3) is 11.8 Å². The molecule has 0 aliphatic rings. The zero-order valence-electron chi connectivity index (χ0n) is 14.6. The number of nitrogens with one attached hydrogen (secondary N) is 3. The van der Waals surface area contributed by atoms with Gasteiger partial charge in [-0.15, -0.1) is 0 Å². The van der Waals surface area contributed by atoms with Crippen molar-refractivity contribution < 1.29 is 9.59 Å². The van der Waals surface area contributed by atoms with E-state index in [1.165, 1.54) is 6.07 Å². The second-order valence-electron chi connectivity index (χ2n) is 5.92. The third-order valence-corrected chi connectivity index (χ3v) is 4.50. The minimum atomic E-state index is -0.362. The lowest BCUT2D eigenvalue weighted by Gasteiger charge is -2.09. The Morgan fingerprint density at radius 1 is 0.963 bits per heavy atom. The SMILES string of the molecule is Cc1n[nH]c(C)c1NC(=O)c1ccc(NC(=O)c2ccc(Cl)cc2Cl)cc1. The number of nitrogens with zero attached hydrogens (tertiary/aromatic N) is 1. The quantitative estimate of drug-likeness (QED) is 0.583. The Morgan fingerprint density at radius 3 is 2.26 bits per heavy atom. The van der Waals surface area contributed by atoms with Crippen LogP contribution >= 0.6 is 23.2 Å². The summed E-state index contributed by atoms with van der Waals surface area (Å²) in [4.78, 5) is 24.7. The molecule has 2 amide bonds. The van der Waals surface area contributed by atoms with E-state index in [0.717, 1.165) is 5.69 Å². The van der Waals surface area contributed by atoms with Crippen LogP contribution in [0.25, 0.3) is 0 Å². The van der Waals surface area contributed by atoms with Crippen LogP contribution in [0.3, 0.4) is 0 Å². The van der Waals surface area contributed by atoms with Gasteiger partial charge in [0.05, 0.1) is 27.7 Å². The summed E-state index contributed by atoms with van der Waals surface area (Å²) in [5.74, 6) is -0.625. The highest BCUT2D eigenvalue weighted by Crippen LogP contribution is 2.22. The molecule has 0 atom stereocenters. The molecule has 138 valence electrons. The molecule has 8 heteroatoms. The topological polar surface area (TPSA) is 86.9 Å². The smallest absolute Gasteiger partial charge is 0.257 e. The van der Waals surface area contributed by atoms with Gasteiger partial charge in [-0.25, -0.2) is 0 Å². The predicted molar refractivity (Wildman–Crippen MR) is 107 cm³/mol. The van der Waals surface area contributed by atoms with E-state index in [1.807, 2.05) is 6.92 Å². The molecule has 0 spiro atoms. The highest BCUT2D eigenvalue weighted by atomic mass is 35.5. The fraction of sp³-hybridized carbons (Fsp3) is 0.105. The normalized spacial score (nSPS) is 10.5. The van der Waals surface area contributed by atoms with Crippen molar-refractivity contribution in [1.29, 1.82) is 0 Å². The maximum absolute atomic E-state index is 12.4. The van der Waals surface area contributed by atoms with E-state index in [2.05, 4.69) is 20.8 Å². The first-order valence-corrected chi connectivity index (χ1v) is 8.80. The molecule has 0 radical (unpaired) electrons. The Kier molecular flexibility index (Phi) is 5.48. The zero-order valence-corrected chi connectivity index (χ0v) is 16.1. The maximum atomic E-state index is 12.4. The van der Waals surface area contributed by atoms with Crippen LogP contribution in [0.2, 0.25) is 10.0 Å². The number of aryl methyl sites for hydroxylation is 2. The van der Waals surface area contributed by atoms with Crippen molar-refractivity contribution in [3.05, 3.63) is 75.0 Å². The van der Waals surface area contributed by atoms with Crippen molar-refractivity contribution in [2.75, 3.05) is 10.6 Å². The van der Waals surface area contributed by atoms with Crippen LogP contribution in [0.5, 0.6) is 0 Å². The Bertz CT molecular complexity index is 994. The average Bonchev–Trinajstić information content (AvgIpc) is 2.94. The van der Waals surface area contributed by atoms with Crippen molar-refractivity contribution >= 4 is 46.4 Å². The van der Waals surface area contributed by atoms with Gasteiger partial charge in [-0.05, 0) is 56.3 Å². The molecule has 0 bridgehead atoms. The average molecular weight is 403 g/mol. The molecular formula is C19H16Cl2N4O2. The number of rotatable bonds is 4. The summed E-state index contributed by atoms with van der Waals surface area (Å²) >= 11 is 11.9. The number of benzene rings is 2. The number of carbonyl (C=O) groups excluding carboxylic acids is 2. The molecule has 27 heavy (non-hydrogen) atoms. The number of anilines is 2. The molecule has 3 aromatic rings. The minimum absolute atomic E-state index is 0.263. The first-order valence-electron chi connectivity index (χ1n) is 8.04. The molecule has 1 aromatic heterocycles. The first kappa shape index (κ1) is 18.9. The van der Waals surface area contributed by atoms with Crippen LogP contribution in [0, 0.1) is 13.8 Å². The van der Waals surface area contributed by atoms with E-state index in [0.29, 0.717) is 33.2 Å². The van der Waals surface area contributed by atoms with Gasteiger partial charge >= 0.3 is 0 Å². The lowest BCUT2D eigenvalue weighted by atomic mass is 10.1. The second-order valence-corrected chi connectivity index (χ2v) is 6.76. The van der Waals surface area contributed by atoms with Crippen molar-refractivity contribution in [3.63, 3.8) is 0 Å². The molecule has 2 aromatic carbocycles. The number of H-pyrrole nitrogens is 1. The Morgan fingerprint density at radius 2 is 1.67 bits per heavy atom. The van der Waals surface area contributed by atoms with Crippen LogP contribution in [0.1, 0.15) is 32.1 Å². The molecule has 0 aliphatic heterocycles. The van der Waals surface area contributed by atoms with E-state index in [-0.39, 0.29) is 16.8 Å². The summed E-state index contributed by atoms with van der Waals surface area (Å²) in [6.45, 7) is 3.63. The van der Waals surface area contributed by atoms with Gasteiger partial charge in [0.1, 0.15) is 0 Å². The number of aromatic amines is 1. The van der Waals surface area contributed by atoms with Gasteiger partial charge in [-0.3, -0.25) is 14.7 Å². The highest BCUT2D eigenvalue weighted by molar-refractivity contribution is 6.37. The molecule has 3 N–H and O–H groups in total. The Hall–Kier alpha value is -2.83. The zero-order chi connectivity index (χ0) is 19.6. The molecule has 0 fully saturated rings. The largest absolute Gasteiger partial charge is 0.322 e. The highest BCUT2D eigenvalue weighted by Gasteiger charge is 2.14. The van der Waals surface area contributed by atoms with Crippen molar-refractivity contribution in [2.24, 2.45) is 0 Å². The van der Waals surface area contributed by atoms with E-state index in [1.54, 1.807) is 43.3 Å². The Labute approximate surface area is 165 Å². The van der Waals surface area contributed by atoms with Gasteiger partial charge in [-0.1, -0.05) is 23.2 Å². The number of amides is 2. The predicted octanol–water partition coefficient (Wildman–Crippen LogP) is 4.84. The molecule has 0 aliphatic carbocycles. The first-order chi connectivity index (χ1) is 12.8. The summed E-state index contributed by atoms with van der Waals surface area (Å²) in [6.07, 6.45) is 0. The Balaban J connectivity index is 1.69. The summed E-state index contributed by atoms with van der Waals surface area (Å²) < 4.78 is 0. The van der Waals surface area contributed by atoms with Crippen LogP contribution < -0.4 is 10.6 Å². The third kappa shape index (κ3) is 4.30. The maximum Gasteiger partial charge on any atom is 0.257 e. The van der Waals surface area contributed by atoms with Crippen molar-refractivity contribution in [3.8, 4) is 0 Å². The van der Waals surface area contributed by atoms with Crippen LogP contribution in [0.15, 0.2) is 42.5 Å². The fourth-order valence-corrected chi connectivity index (χ4v) is 2.99. The molecule has 0 saturated carbocycles. The van der Waals surface area contributed by atoms with Crippen molar-refractivity contribution in [1.82, 2.24) is 10.2 Å². The summed E-state index contributed by atoms with van der Waals surface area (Å²) in [5.41, 5.74) is 3.47. The monoisotopic (exact) mass is 402 g/mol. The molecule has 6 nitrogen and oxygen atoms in total. The van der Waals surface area contributed by atoms with Crippen LogP contribution in [0.4, 0.5) is 11.4 Å².